The topological polar surface area (TPSA) is 77.0 Å². The number of benzene rings is 2. The maximum Gasteiger partial charge on any atom is 0.198 e. The molecule has 0 bridgehead atoms. The van der Waals surface area contributed by atoms with E-state index in [9.17, 15) is 9.50 Å². The number of rotatable bonds is 5. The summed E-state index contributed by atoms with van der Waals surface area (Å²) in [7, 11) is 3.64. The van der Waals surface area contributed by atoms with Crippen molar-refractivity contribution in [3.8, 4) is 22.9 Å². The van der Waals surface area contributed by atoms with Crippen LogP contribution in [-0.2, 0) is 0 Å². The predicted molar refractivity (Wildman–Crippen MR) is 138 cm³/mol. The second-order valence-electron chi connectivity index (χ2n) is 8.78. The van der Waals surface area contributed by atoms with E-state index in [2.05, 4.69) is 38.9 Å². The fourth-order valence-corrected chi connectivity index (χ4v) is 4.56. The van der Waals surface area contributed by atoms with Gasteiger partial charge in [0.05, 0.1) is 47.0 Å². The molecule has 1 saturated heterocycles. The van der Waals surface area contributed by atoms with Gasteiger partial charge in [0, 0.05) is 37.3 Å². The van der Waals surface area contributed by atoms with Crippen molar-refractivity contribution in [1.82, 2.24) is 14.9 Å². The second kappa shape index (κ2) is 9.38. The van der Waals surface area contributed by atoms with E-state index >= 15 is 0 Å². The Hall–Kier alpha value is -3.91. The molecule has 3 heterocycles. The van der Waals surface area contributed by atoms with E-state index in [0.717, 1.165) is 31.9 Å². The Bertz CT molecular complexity index is 1390. The molecule has 8 heteroatoms. The van der Waals surface area contributed by atoms with Crippen molar-refractivity contribution >= 4 is 28.0 Å². The Morgan fingerprint density at radius 2 is 1.86 bits per heavy atom. The third-order valence-electron chi connectivity index (χ3n) is 6.49. The lowest BCUT2D eigenvalue weighted by molar-refractivity contribution is 0.313. The molecule has 5 rings (SSSR count). The highest BCUT2D eigenvalue weighted by molar-refractivity contribution is 6.13. The summed E-state index contributed by atoms with van der Waals surface area (Å²) >= 11 is 0. The normalized spacial score (nSPS) is 15.1. The largest absolute Gasteiger partial charge is 0.496 e. The zero-order valence-electron chi connectivity index (χ0n) is 20.0. The number of piperazine rings is 1. The maximum atomic E-state index is 14.7. The number of hydrogen-bond donors (Lipinski definition) is 2. The summed E-state index contributed by atoms with van der Waals surface area (Å²) in [6.45, 7) is 5.96. The average molecular weight is 474 g/mol. The Labute approximate surface area is 203 Å². The number of aromatic hydroxyl groups is 1. The van der Waals surface area contributed by atoms with Gasteiger partial charge in [0.15, 0.2) is 5.88 Å². The first kappa shape index (κ1) is 22.9. The summed E-state index contributed by atoms with van der Waals surface area (Å²) in [5, 5.41) is 11.4. The summed E-state index contributed by atoms with van der Waals surface area (Å²) in [5.41, 5.74) is 4.49. The zero-order valence-corrected chi connectivity index (χ0v) is 20.0. The summed E-state index contributed by atoms with van der Waals surface area (Å²) in [4.78, 5) is 16.8. The van der Waals surface area contributed by atoms with Gasteiger partial charge in [0.25, 0.3) is 0 Å². The number of aliphatic imine (C=N–C) groups is 1. The molecule has 0 unspecified atom stereocenters. The van der Waals surface area contributed by atoms with E-state index in [1.54, 1.807) is 24.4 Å². The Morgan fingerprint density at radius 1 is 1.11 bits per heavy atom. The molecule has 1 fully saturated rings. The lowest BCUT2D eigenvalue weighted by Gasteiger charge is -2.34. The number of methoxy groups -OCH3 is 1. The first-order chi connectivity index (χ1) is 16.9. The van der Waals surface area contributed by atoms with Gasteiger partial charge >= 0.3 is 0 Å². The highest BCUT2D eigenvalue weighted by Crippen LogP contribution is 2.35. The number of aromatic amines is 1. The van der Waals surface area contributed by atoms with Crippen molar-refractivity contribution in [1.29, 1.82) is 0 Å². The van der Waals surface area contributed by atoms with Gasteiger partial charge in [-0.15, -0.1) is 0 Å². The van der Waals surface area contributed by atoms with Crippen LogP contribution in [0, 0.1) is 5.82 Å². The van der Waals surface area contributed by atoms with Crippen LogP contribution in [0.3, 0.4) is 0 Å². The van der Waals surface area contributed by atoms with Crippen molar-refractivity contribution < 1.29 is 14.2 Å². The number of anilines is 1. The molecule has 2 N–H and O–H groups in total. The first-order valence-corrected chi connectivity index (χ1v) is 11.6. The van der Waals surface area contributed by atoms with Crippen molar-refractivity contribution in [2.75, 3.05) is 45.2 Å². The molecule has 0 amide bonds. The van der Waals surface area contributed by atoms with Gasteiger partial charge in [-0.1, -0.05) is 6.07 Å². The van der Waals surface area contributed by atoms with Gasteiger partial charge < -0.3 is 24.6 Å². The van der Waals surface area contributed by atoms with Gasteiger partial charge in [-0.3, -0.25) is 9.98 Å². The second-order valence-corrected chi connectivity index (χ2v) is 8.78. The molecule has 4 aromatic rings. The lowest BCUT2D eigenvalue weighted by atomic mass is 10.0. The molecule has 1 aliphatic rings. The van der Waals surface area contributed by atoms with E-state index < -0.39 is 5.82 Å². The SMILES string of the molecule is COc1cccc(F)c1-c1cc2c(C(C)=Nc3ccc(N4CCN(C)CC4)cc3)c(O)[nH]c2cn1. The quantitative estimate of drug-likeness (QED) is 0.400. The number of H-pyrrole nitrogens is 1. The number of pyridine rings is 1. The summed E-state index contributed by atoms with van der Waals surface area (Å²) in [6.07, 6.45) is 1.58. The van der Waals surface area contributed by atoms with Crippen LogP contribution in [0.4, 0.5) is 15.8 Å². The van der Waals surface area contributed by atoms with Crippen LogP contribution in [0.25, 0.3) is 22.2 Å². The summed E-state index contributed by atoms with van der Waals surface area (Å²) < 4.78 is 20.0. The molecule has 0 aliphatic carbocycles. The van der Waals surface area contributed by atoms with Gasteiger partial charge in [-0.05, 0) is 56.4 Å². The highest BCUT2D eigenvalue weighted by Gasteiger charge is 2.19. The minimum absolute atomic E-state index is 0.00486. The number of fused-ring (bicyclic) bond motifs is 1. The van der Waals surface area contributed by atoms with Crippen molar-refractivity contribution in [2.24, 2.45) is 4.99 Å². The molecular weight excluding hydrogens is 445 g/mol. The first-order valence-electron chi connectivity index (χ1n) is 11.6. The third kappa shape index (κ3) is 4.44. The van der Waals surface area contributed by atoms with E-state index in [4.69, 9.17) is 9.73 Å². The highest BCUT2D eigenvalue weighted by atomic mass is 19.1. The number of ether oxygens (including phenoxy) is 1. The molecule has 0 spiro atoms. The average Bonchev–Trinajstić information content (AvgIpc) is 3.19. The van der Waals surface area contributed by atoms with Crippen molar-refractivity contribution in [3.05, 3.63) is 66.1 Å². The maximum absolute atomic E-state index is 14.7. The number of nitrogens with one attached hydrogen (secondary N) is 1. The predicted octanol–water partition coefficient (Wildman–Crippen LogP) is 4.98. The molecule has 2 aromatic carbocycles. The van der Waals surface area contributed by atoms with Crippen LogP contribution in [0.5, 0.6) is 11.6 Å². The number of halogens is 1. The van der Waals surface area contributed by atoms with E-state index in [1.165, 1.54) is 18.9 Å². The Kier molecular flexibility index (Phi) is 6.13. The van der Waals surface area contributed by atoms with Crippen LogP contribution in [0.2, 0.25) is 0 Å². The van der Waals surface area contributed by atoms with Gasteiger partial charge in [0.1, 0.15) is 11.6 Å². The Morgan fingerprint density at radius 3 is 2.57 bits per heavy atom. The number of aromatic nitrogens is 2. The minimum Gasteiger partial charge on any atom is -0.496 e. The molecule has 0 radical (unpaired) electrons. The molecule has 0 atom stereocenters. The van der Waals surface area contributed by atoms with Gasteiger partial charge in [-0.25, -0.2) is 4.39 Å². The lowest BCUT2D eigenvalue weighted by Crippen LogP contribution is -2.44. The summed E-state index contributed by atoms with van der Waals surface area (Å²) in [5.74, 6) is -0.0397. The monoisotopic (exact) mass is 473 g/mol. The van der Waals surface area contributed by atoms with Crippen molar-refractivity contribution in [3.63, 3.8) is 0 Å². The van der Waals surface area contributed by atoms with Gasteiger partial charge in [-0.2, -0.15) is 0 Å². The van der Waals surface area contributed by atoms with E-state index in [-0.39, 0.29) is 11.4 Å². The molecule has 180 valence electrons. The summed E-state index contributed by atoms with van der Waals surface area (Å²) in [6, 6.07) is 14.5. The molecule has 0 saturated carbocycles. The zero-order chi connectivity index (χ0) is 24.5. The van der Waals surface area contributed by atoms with Crippen LogP contribution < -0.4 is 9.64 Å². The van der Waals surface area contributed by atoms with Gasteiger partial charge in [0.2, 0.25) is 0 Å². The number of likely N-dealkylation sites (N-methyl/N-ethyl adjacent to an activating group) is 1. The number of hydrogen-bond acceptors (Lipinski definition) is 6. The van der Waals surface area contributed by atoms with E-state index in [1.807, 2.05) is 19.1 Å². The van der Waals surface area contributed by atoms with Crippen molar-refractivity contribution in [2.45, 2.75) is 6.92 Å². The fraction of sp³-hybridized carbons (Fsp3) is 0.259. The van der Waals surface area contributed by atoms with Crippen LogP contribution in [-0.4, -0.2) is 66.0 Å². The number of nitrogens with zero attached hydrogens (tertiary/aromatic N) is 4. The minimum atomic E-state index is -0.427. The van der Waals surface area contributed by atoms with Crippen LogP contribution in [0.15, 0.2) is 59.7 Å². The molecule has 7 nitrogen and oxygen atoms in total. The standard InChI is InChI=1S/C27H28FN5O2/c1-17(30-18-7-9-19(10-8-18)33-13-11-32(2)12-14-33)25-20-15-22(29-16-23(20)31-27(25)34)26-21(28)5-4-6-24(26)35-3/h4-10,15-16,31,34H,11-14H2,1-3H3. The molecular formula is C27H28FN5O2. The van der Waals surface area contributed by atoms with E-state index in [0.29, 0.717) is 33.6 Å². The third-order valence-corrected chi connectivity index (χ3v) is 6.49. The molecule has 1 aliphatic heterocycles. The molecule has 2 aromatic heterocycles. The molecule has 35 heavy (non-hydrogen) atoms. The Balaban J connectivity index is 1.48. The smallest absolute Gasteiger partial charge is 0.198 e. The van der Waals surface area contributed by atoms with Crippen LogP contribution >= 0.6 is 0 Å². The fourth-order valence-electron chi connectivity index (χ4n) is 4.56. The van der Waals surface area contributed by atoms with Crippen LogP contribution in [0.1, 0.15) is 12.5 Å².